The number of nitrogens with zero attached hydrogens (tertiary/aromatic N) is 3. The van der Waals surface area contributed by atoms with Crippen molar-refractivity contribution < 1.29 is 9.53 Å². The second kappa shape index (κ2) is 9.93. The molecule has 1 unspecified atom stereocenters. The van der Waals surface area contributed by atoms with Gasteiger partial charge in [-0.1, -0.05) is 23.3 Å². The van der Waals surface area contributed by atoms with Gasteiger partial charge in [0.25, 0.3) is 5.91 Å². The highest BCUT2D eigenvalue weighted by Gasteiger charge is 2.24. The molecule has 0 bridgehead atoms. The van der Waals surface area contributed by atoms with E-state index in [2.05, 4.69) is 32.3 Å². The number of nitrogens with one attached hydrogen (secondary N) is 1. The number of hydrogen-bond donors (Lipinski definition) is 3. The Balaban J connectivity index is 1.47. The van der Waals surface area contributed by atoms with E-state index in [1.807, 2.05) is 0 Å². The minimum atomic E-state index is -0.364. The van der Waals surface area contributed by atoms with Gasteiger partial charge in [-0.3, -0.25) is 4.79 Å². The van der Waals surface area contributed by atoms with Crippen molar-refractivity contribution in [2.24, 2.45) is 0 Å². The van der Waals surface area contributed by atoms with Crippen molar-refractivity contribution in [1.82, 2.24) is 20.2 Å². The molecule has 2 aliphatic rings. The van der Waals surface area contributed by atoms with Gasteiger partial charge in [-0.2, -0.15) is 0 Å². The number of ether oxygens (including phenoxy) is 1. The number of likely N-dealkylation sites (tertiary alicyclic amines) is 1. The van der Waals surface area contributed by atoms with Crippen molar-refractivity contribution in [3.63, 3.8) is 0 Å². The number of halogens is 1. The Bertz CT molecular complexity index is 810. The van der Waals surface area contributed by atoms with E-state index in [9.17, 15) is 4.79 Å². The van der Waals surface area contributed by atoms with Gasteiger partial charge < -0.3 is 26.4 Å². The molecule has 9 heteroatoms. The molecule has 1 aromatic heterocycles. The molecule has 1 amide bonds. The van der Waals surface area contributed by atoms with E-state index in [1.165, 1.54) is 5.57 Å². The third-order valence-electron chi connectivity index (χ3n) is 5.39. The fraction of sp³-hybridized carbons (Fsp3) is 0.550. The van der Waals surface area contributed by atoms with Crippen LogP contribution in [-0.4, -0.2) is 53.6 Å². The lowest BCUT2D eigenvalue weighted by Gasteiger charge is -2.33. The summed E-state index contributed by atoms with van der Waals surface area (Å²) < 4.78 is 5.28. The quantitative estimate of drug-likeness (QED) is 0.619. The molecule has 8 nitrogen and oxygen atoms in total. The monoisotopic (exact) mass is 420 g/mol. The van der Waals surface area contributed by atoms with E-state index < -0.39 is 0 Å². The third-order valence-corrected chi connectivity index (χ3v) is 5.67. The van der Waals surface area contributed by atoms with Gasteiger partial charge in [0.2, 0.25) is 0 Å². The molecule has 0 aromatic carbocycles. The Labute approximate surface area is 176 Å². The summed E-state index contributed by atoms with van der Waals surface area (Å²) in [5, 5.41) is 2.99. The van der Waals surface area contributed by atoms with Crippen LogP contribution in [0.15, 0.2) is 23.5 Å². The lowest BCUT2D eigenvalue weighted by molar-refractivity contribution is 0.0899. The van der Waals surface area contributed by atoms with Crippen LogP contribution in [0.3, 0.4) is 0 Å². The number of nitrogen functional groups attached to an aromatic ring is 2. The van der Waals surface area contributed by atoms with Crippen molar-refractivity contribution in [2.45, 2.75) is 44.6 Å². The molecule has 1 aromatic rings. The maximum Gasteiger partial charge on any atom is 0.274 e. The van der Waals surface area contributed by atoms with Gasteiger partial charge in [-0.05, 0) is 51.3 Å². The summed E-state index contributed by atoms with van der Waals surface area (Å²) in [4.78, 5) is 22.8. The molecule has 1 atom stereocenters. The number of nitrogens with two attached hydrogens (primary N) is 2. The van der Waals surface area contributed by atoms with Crippen LogP contribution >= 0.6 is 11.6 Å². The van der Waals surface area contributed by atoms with Crippen LogP contribution in [0.2, 0.25) is 5.15 Å². The van der Waals surface area contributed by atoms with Crippen molar-refractivity contribution in [1.29, 1.82) is 0 Å². The summed E-state index contributed by atoms with van der Waals surface area (Å²) in [6.45, 7) is 2.88. The average Bonchev–Trinajstić information content (AvgIpc) is 2.71. The summed E-state index contributed by atoms with van der Waals surface area (Å²) in [5.74, 6) is 0.697. The SMILES string of the molecule is COC1=CC=C(CCCN2CCCC(NC(=O)c3nc(Cl)c(N)nc3N)C2)CC1. The van der Waals surface area contributed by atoms with Crippen molar-refractivity contribution in [2.75, 3.05) is 38.2 Å². The summed E-state index contributed by atoms with van der Waals surface area (Å²) in [5.41, 5.74) is 12.8. The van der Waals surface area contributed by atoms with Gasteiger partial charge in [0.15, 0.2) is 22.5 Å². The van der Waals surface area contributed by atoms with E-state index in [-0.39, 0.29) is 34.4 Å². The van der Waals surface area contributed by atoms with Crippen LogP contribution in [0.5, 0.6) is 0 Å². The maximum absolute atomic E-state index is 12.5. The zero-order valence-corrected chi connectivity index (χ0v) is 17.5. The lowest BCUT2D eigenvalue weighted by Crippen LogP contribution is -2.48. The normalized spacial score (nSPS) is 20.0. The molecule has 0 saturated carbocycles. The van der Waals surface area contributed by atoms with E-state index in [0.29, 0.717) is 0 Å². The van der Waals surface area contributed by atoms with Crippen LogP contribution in [-0.2, 0) is 4.74 Å². The van der Waals surface area contributed by atoms with Crippen LogP contribution in [0.25, 0.3) is 0 Å². The Morgan fingerprint density at radius 3 is 2.86 bits per heavy atom. The highest BCUT2D eigenvalue weighted by atomic mass is 35.5. The number of amides is 1. The summed E-state index contributed by atoms with van der Waals surface area (Å²) in [7, 11) is 1.72. The number of carbonyl (C=O) groups excluding carboxylic acids is 1. The zero-order chi connectivity index (χ0) is 20.8. The Kier molecular flexibility index (Phi) is 7.33. The van der Waals surface area contributed by atoms with Crippen LogP contribution < -0.4 is 16.8 Å². The fourth-order valence-electron chi connectivity index (χ4n) is 3.81. The van der Waals surface area contributed by atoms with E-state index >= 15 is 0 Å². The summed E-state index contributed by atoms with van der Waals surface area (Å²) >= 11 is 5.88. The molecule has 0 radical (unpaired) electrons. The standard InChI is InChI=1S/C20H29ClN6O2/c1-29-15-8-6-13(7-9-15)4-2-10-27-11-3-5-14(12-27)24-20(28)16-18(22)26-19(23)17(21)25-16/h6,8,14H,2-5,7,9-12H2,1H3,(H,24,28)(H4,22,23,26). The highest BCUT2D eigenvalue weighted by Crippen LogP contribution is 2.23. The van der Waals surface area contributed by atoms with Crippen LogP contribution in [0, 0.1) is 0 Å². The van der Waals surface area contributed by atoms with Crippen LogP contribution in [0.1, 0.15) is 49.0 Å². The smallest absolute Gasteiger partial charge is 0.274 e. The number of rotatable bonds is 7. The molecule has 1 aliphatic heterocycles. The van der Waals surface area contributed by atoms with Gasteiger partial charge >= 0.3 is 0 Å². The molecule has 1 fully saturated rings. The average molecular weight is 421 g/mol. The van der Waals surface area contributed by atoms with Crippen molar-refractivity contribution in [3.05, 3.63) is 34.3 Å². The minimum absolute atomic E-state index is 0.0106. The molecule has 3 rings (SSSR count). The Hall–Kier alpha value is -2.32. The number of anilines is 2. The first-order valence-electron chi connectivity index (χ1n) is 10.0. The summed E-state index contributed by atoms with van der Waals surface area (Å²) in [6, 6.07) is 0.0508. The third kappa shape index (κ3) is 5.83. The fourth-order valence-corrected chi connectivity index (χ4v) is 3.94. The topological polar surface area (TPSA) is 119 Å². The first-order chi connectivity index (χ1) is 14.0. The van der Waals surface area contributed by atoms with E-state index in [4.69, 9.17) is 27.8 Å². The number of carbonyl (C=O) groups is 1. The van der Waals surface area contributed by atoms with Gasteiger partial charge in [0.1, 0.15) is 0 Å². The van der Waals surface area contributed by atoms with Gasteiger partial charge in [0, 0.05) is 19.0 Å². The largest absolute Gasteiger partial charge is 0.501 e. The number of piperidine rings is 1. The number of aromatic nitrogens is 2. The number of hydrogen-bond acceptors (Lipinski definition) is 7. The molecular weight excluding hydrogens is 392 g/mol. The van der Waals surface area contributed by atoms with Gasteiger partial charge in [-0.25, -0.2) is 9.97 Å². The predicted octanol–water partition coefficient (Wildman–Crippen LogP) is 2.52. The lowest BCUT2D eigenvalue weighted by atomic mass is 9.98. The zero-order valence-electron chi connectivity index (χ0n) is 16.8. The Morgan fingerprint density at radius 2 is 2.14 bits per heavy atom. The minimum Gasteiger partial charge on any atom is -0.501 e. The molecule has 29 heavy (non-hydrogen) atoms. The van der Waals surface area contributed by atoms with Crippen molar-refractivity contribution in [3.8, 4) is 0 Å². The van der Waals surface area contributed by atoms with Gasteiger partial charge in [-0.15, -0.1) is 0 Å². The predicted molar refractivity (Wildman–Crippen MR) is 114 cm³/mol. The highest BCUT2D eigenvalue weighted by molar-refractivity contribution is 6.31. The van der Waals surface area contributed by atoms with Crippen molar-refractivity contribution >= 4 is 29.1 Å². The number of methoxy groups -OCH3 is 1. The molecule has 1 saturated heterocycles. The summed E-state index contributed by atoms with van der Waals surface area (Å²) in [6.07, 6.45) is 10.5. The Morgan fingerprint density at radius 1 is 1.31 bits per heavy atom. The first kappa shape index (κ1) is 21.4. The second-order valence-corrected chi connectivity index (χ2v) is 7.87. The van der Waals surface area contributed by atoms with E-state index in [1.54, 1.807) is 7.11 Å². The molecule has 158 valence electrons. The molecule has 2 heterocycles. The molecule has 5 N–H and O–H groups in total. The maximum atomic E-state index is 12.5. The van der Waals surface area contributed by atoms with Gasteiger partial charge in [0.05, 0.1) is 12.9 Å². The second-order valence-electron chi connectivity index (χ2n) is 7.51. The molecular formula is C20H29ClN6O2. The first-order valence-corrected chi connectivity index (χ1v) is 10.4. The number of allylic oxidation sites excluding steroid dienone is 4. The molecule has 0 spiro atoms. The van der Waals surface area contributed by atoms with Crippen LogP contribution in [0.4, 0.5) is 11.6 Å². The van der Waals surface area contributed by atoms with E-state index in [0.717, 1.165) is 63.9 Å². The molecule has 1 aliphatic carbocycles.